The van der Waals surface area contributed by atoms with Gasteiger partial charge in [0.2, 0.25) is 0 Å². The topological polar surface area (TPSA) is 110 Å². The van der Waals surface area contributed by atoms with Crippen molar-refractivity contribution in [2.24, 2.45) is 12.5 Å². The fraction of sp³-hybridized carbons (Fsp3) is 0.459. The number of rotatable bonds is 8. The van der Waals surface area contributed by atoms with E-state index in [-0.39, 0.29) is 23.5 Å². The Morgan fingerprint density at radius 2 is 1.90 bits per heavy atom. The van der Waals surface area contributed by atoms with Crippen molar-refractivity contribution in [3.8, 4) is 11.1 Å². The lowest BCUT2D eigenvalue weighted by atomic mass is 9.90. The smallest absolute Gasteiger partial charge is 0.283 e. The van der Waals surface area contributed by atoms with E-state index in [1.54, 1.807) is 30.4 Å². The van der Waals surface area contributed by atoms with Gasteiger partial charge in [-0.3, -0.25) is 19.4 Å². The number of hydrogen-bond donors (Lipinski definition) is 1. The summed E-state index contributed by atoms with van der Waals surface area (Å²) in [5.41, 5.74) is 6.84. The molecule has 0 bridgehead atoms. The minimum atomic E-state index is -0.196. The van der Waals surface area contributed by atoms with Crippen molar-refractivity contribution in [2.45, 2.75) is 58.8 Å². The molecular formula is C37H43BN8O4. The minimum absolute atomic E-state index is 0.0315. The number of anilines is 4. The first kappa shape index (κ1) is 32.7. The Hall–Kier alpha value is -4.46. The van der Waals surface area contributed by atoms with Crippen LogP contribution in [0.1, 0.15) is 48.1 Å². The molecule has 13 heteroatoms. The molecule has 1 aliphatic carbocycles. The Bertz CT molecular complexity index is 2000. The molecule has 1 N–H and O–H groups in total. The fourth-order valence-electron chi connectivity index (χ4n) is 8.17. The number of hydrogen-bond acceptors (Lipinski definition) is 9. The standard InChI is InChI=1S/C37H43BN8O4/c1-23-18-43(27-20-49-21-27)9-10-44(23)26-5-6-33(40-17-26)41-30-13-25(19-42(4)35(30)47)28-7-8-39-34(29(28)22-50-38)46-12-11-45-31(36(46)48)14-24-15-37(2,3)16-32(24)45/h5-8,13-14,17,19,23,27H,9-12,15-16,18,20-22H2,1-4H3,(H,40,41)/t23-/m0/s1. The second-order valence-electron chi connectivity index (χ2n) is 14.9. The second-order valence-corrected chi connectivity index (χ2v) is 14.9. The van der Waals surface area contributed by atoms with Gasteiger partial charge in [0.15, 0.2) is 0 Å². The molecular weight excluding hydrogens is 631 g/mol. The van der Waals surface area contributed by atoms with Gasteiger partial charge in [-0.05, 0) is 66.6 Å². The summed E-state index contributed by atoms with van der Waals surface area (Å²) in [7, 11) is 7.38. The van der Waals surface area contributed by atoms with Crippen LogP contribution in [0.4, 0.5) is 23.0 Å². The molecule has 4 aliphatic rings. The molecule has 258 valence electrons. The van der Waals surface area contributed by atoms with Crippen LogP contribution < -0.4 is 20.7 Å². The maximum absolute atomic E-state index is 14.0. The van der Waals surface area contributed by atoms with Crippen LogP contribution in [0.3, 0.4) is 0 Å². The largest absolute Gasteiger partial charge is 0.443 e. The third-order valence-electron chi connectivity index (χ3n) is 10.8. The maximum Gasteiger partial charge on any atom is 0.283 e. The number of nitrogens with zero attached hydrogens (tertiary/aromatic N) is 7. The zero-order chi connectivity index (χ0) is 34.7. The van der Waals surface area contributed by atoms with Gasteiger partial charge in [0.1, 0.15) is 23.0 Å². The number of nitrogens with one attached hydrogen (secondary N) is 1. The third kappa shape index (κ3) is 5.80. The molecule has 1 atom stereocenters. The van der Waals surface area contributed by atoms with Crippen LogP contribution in [-0.2, 0) is 42.4 Å². The quantitative estimate of drug-likeness (QED) is 0.280. The van der Waals surface area contributed by atoms with E-state index in [0.29, 0.717) is 53.8 Å². The molecule has 2 fully saturated rings. The molecule has 8 rings (SSSR count). The molecule has 0 unspecified atom stereocenters. The highest BCUT2D eigenvalue weighted by Gasteiger charge is 2.38. The average Bonchev–Trinajstić information content (AvgIpc) is 3.55. The number of ether oxygens (including phenoxy) is 1. The van der Waals surface area contributed by atoms with E-state index in [9.17, 15) is 9.59 Å². The van der Waals surface area contributed by atoms with Gasteiger partial charge in [-0.2, -0.15) is 0 Å². The number of pyridine rings is 3. The third-order valence-corrected chi connectivity index (χ3v) is 10.8. The SMILES string of the molecule is [B]OCc1c(-c2cc(Nc3ccc(N4CCN(C5COC5)C[C@@H]4C)cn3)c(=O)n(C)c2)ccnc1N1CCn2c(cc3c2CC(C)(C)C3)C1=O. The van der Waals surface area contributed by atoms with Crippen molar-refractivity contribution in [3.05, 3.63) is 81.8 Å². The summed E-state index contributed by atoms with van der Waals surface area (Å²) in [6.07, 6.45) is 7.25. The summed E-state index contributed by atoms with van der Waals surface area (Å²) in [5, 5.41) is 3.25. The van der Waals surface area contributed by atoms with Gasteiger partial charge in [-0.1, -0.05) is 13.8 Å². The Morgan fingerprint density at radius 3 is 2.62 bits per heavy atom. The highest BCUT2D eigenvalue weighted by molar-refractivity contribution is 6.06. The van der Waals surface area contributed by atoms with E-state index in [0.717, 1.165) is 62.5 Å². The molecule has 4 aromatic heterocycles. The van der Waals surface area contributed by atoms with Crippen molar-refractivity contribution in [1.29, 1.82) is 0 Å². The van der Waals surface area contributed by atoms with Crippen LogP contribution in [0.25, 0.3) is 11.1 Å². The number of carbonyl (C=O) groups is 1. The molecule has 3 aliphatic heterocycles. The van der Waals surface area contributed by atoms with Gasteiger partial charge in [0.25, 0.3) is 19.5 Å². The zero-order valence-electron chi connectivity index (χ0n) is 29.2. The predicted molar refractivity (Wildman–Crippen MR) is 193 cm³/mol. The highest BCUT2D eigenvalue weighted by Crippen LogP contribution is 2.40. The summed E-state index contributed by atoms with van der Waals surface area (Å²) in [5.74, 6) is 0.981. The first-order chi connectivity index (χ1) is 24.1. The summed E-state index contributed by atoms with van der Waals surface area (Å²) in [6.45, 7) is 12.5. The predicted octanol–water partition coefficient (Wildman–Crippen LogP) is 3.68. The Morgan fingerprint density at radius 1 is 1.06 bits per heavy atom. The average molecular weight is 675 g/mol. The molecule has 2 radical (unpaired) electrons. The number of fused-ring (bicyclic) bond motifs is 3. The summed E-state index contributed by atoms with van der Waals surface area (Å²) < 4.78 is 14.3. The molecule has 7 heterocycles. The Balaban J connectivity index is 1.05. The molecule has 0 spiro atoms. The number of amides is 1. The van der Waals surface area contributed by atoms with E-state index < -0.39 is 0 Å². The van der Waals surface area contributed by atoms with E-state index in [2.05, 4.69) is 62.6 Å². The lowest BCUT2D eigenvalue weighted by Crippen LogP contribution is -2.59. The summed E-state index contributed by atoms with van der Waals surface area (Å²) >= 11 is 0. The normalized spacial score (nSPS) is 20.5. The van der Waals surface area contributed by atoms with Crippen LogP contribution in [0.15, 0.2) is 53.7 Å². The van der Waals surface area contributed by atoms with Crippen LogP contribution in [0.5, 0.6) is 0 Å². The number of piperazine rings is 1. The van der Waals surface area contributed by atoms with Gasteiger partial charge >= 0.3 is 0 Å². The van der Waals surface area contributed by atoms with E-state index in [4.69, 9.17) is 17.4 Å². The monoisotopic (exact) mass is 674 g/mol. The van der Waals surface area contributed by atoms with Crippen LogP contribution in [0.2, 0.25) is 0 Å². The van der Waals surface area contributed by atoms with Gasteiger partial charge in [0.05, 0.1) is 37.7 Å². The molecule has 4 aromatic rings. The fourth-order valence-corrected chi connectivity index (χ4v) is 8.17. The Kier molecular flexibility index (Phi) is 8.32. The number of aryl methyl sites for hydroxylation is 1. The first-order valence-corrected chi connectivity index (χ1v) is 17.5. The van der Waals surface area contributed by atoms with Crippen molar-refractivity contribution in [3.63, 3.8) is 0 Å². The summed E-state index contributed by atoms with van der Waals surface area (Å²) in [4.78, 5) is 43.3. The molecule has 2 saturated heterocycles. The van der Waals surface area contributed by atoms with E-state index >= 15 is 0 Å². The van der Waals surface area contributed by atoms with Crippen molar-refractivity contribution in [1.82, 2.24) is 24.0 Å². The van der Waals surface area contributed by atoms with Gasteiger partial charge in [-0.15, -0.1) is 0 Å². The molecule has 50 heavy (non-hydrogen) atoms. The van der Waals surface area contributed by atoms with Crippen molar-refractivity contribution in [2.75, 3.05) is 54.5 Å². The van der Waals surface area contributed by atoms with E-state index in [1.165, 1.54) is 15.8 Å². The molecule has 0 aromatic carbocycles. The molecule has 12 nitrogen and oxygen atoms in total. The lowest BCUT2D eigenvalue weighted by Gasteiger charge is -2.46. The number of aromatic nitrogens is 4. The molecule has 0 saturated carbocycles. The van der Waals surface area contributed by atoms with Crippen molar-refractivity contribution < 1.29 is 14.2 Å². The van der Waals surface area contributed by atoms with Gasteiger partial charge < -0.3 is 28.7 Å². The van der Waals surface area contributed by atoms with E-state index in [1.807, 2.05) is 18.3 Å². The van der Waals surface area contributed by atoms with Crippen LogP contribution in [0, 0.1) is 5.41 Å². The highest BCUT2D eigenvalue weighted by atomic mass is 16.5. The lowest BCUT2D eigenvalue weighted by molar-refractivity contribution is -0.0691. The van der Waals surface area contributed by atoms with Crippen LogP contribution >= 0.6 is 0 Å². The molecule has 1 amide bonds. The second kappa shape index (κ2) is 12.7. The maximum atomic E-state index is 14.0. The number of carbonyl (C=O) groups excluding carboxylic acids is 1. The van der Waals surface area contributed by atoms with Gasteiger partial charge in [-0.25, -0.2) is 9.97 Å². The van der Waals surface area contributed by atoms with Crippen LogP contribution in [-0.4, -0.2) is 89.4 Å². The van der Waals surface area contributed by atoms with Crippen molar-refractivity contribution >= 4 is 37.0 Å². The first-order valence-electron chi connectivity index (χ1n) is 17.5. The zero-order valence-corrected chi connectivity index (χ0v) is 29.2. The minimum Gasteiger partial charge on any atom is -0.443 e. The summed E-state index contributed by atoms with van der Waals surface area (Å²) in [6, 6.07) is 10.6. The van der Waals surface area contributed by atoms with Gasteiger partial charge in [0, 0.05) is 75.0 Å². The Labute approximate surface area is 293 Å².